The van der Waals surface area contributed by atoms with Crippen molar-refractivity contribution in [3.8, 4) is 0 Å². The van der Waals surface area contributed by atoms with Crippen molar-refractivity contribution in [1.82, 2.24) is 5.01 Å². The molecule has 1 aromatic carbocycles. The molecule has 1 amide bonds. The first kappa shape index (κ1) is 15.8. The summed E-state index contributed by atoms with van der Waals surface area (Å²) in [6, 6.07) is 10.0. The number of rotatable bonds is 5. The fourth-order valence-electron chi connectivity index (χ4n) is 2.41. The summed E-state index contributed by atoms with van der Waals surface area (Å²) in [5.41, 5.74) is 7.87. The van der Waals surface area contributed by atoms with Crippen molar-refractivity contribution in [2.45, 2.75) is 26.3 Å². The molecule has 0 bridgehead atoms. The lowest BCUT2D eigenvalue weighted by molar-refractivity contribution is -0.112. The second-order valence-corrected chi connectivity index (χ2v) is 5.00. The highest BCUT2D eigenvalue weighted by Gasteiger charge is 2.31. The van der Waals surface area contributed by atoms with Crippen LogP contribution in [0.4, 0.5) is 0 Å². The van der Waals surface area contributed by atoms with Crippen LogP contribution in [-0.4, -0.2) is 16.6 Å². The van der Waals surface area contributed by atoms with E-state index < -0.39 is 5.91 Å². The Bertz CT molecular complexity index is 642. The van der Waals surface area contributed by atoms with Crippen LogP contribution >= 0.6 is 0 Å². The highest BCUT2D eigenvalue weighted by atomic mass is 16.1. The molecule has 0 aliphatic carbocycles. The summed E-state index contributed by atoms with van der Waals surface area (Å²) >= 11 is 0. The van der Waals surface area contributed by atoms with Gasteiger partial charge in [-0.3, -0.25) is 9.80 Å². The zero-order chi connectivity index (χ0) is 15.9. The van der Waals surface area contributed by atoms with Crippen molar-refractivity contribution in [3.63, 3.8) is 0 Å². The summed E-state index contributed by atoms with van der Waals surface area (Å²) in [7, 11) is 0. The number of hydrogen-bond donors (Lipinski definition) is 1. The number of hydrogen-bond acceptors (Lipinski definition) is 3. The zero-order valence-corrected chi connectivity index (χ0v) is 12.9. The average molecular weight is 295 g/mol. The summed E-state index contributed by atoms with van der Waals surface area (Å²) in [4.78, 5) is 11.5. The van der Waals surface area contributed by atoms with Crippen LogP contribution in [-0.2, 0) is 4.79 Å². The summed E-state index contributed by atoms with van der Waals surface area (Å²) in [6.45, 7) is 3.91. The molecule has 0 saturated heterocycles. The molecule has 0 spiro atoms. The van der Waals surface area contributed by atoms with Gasteiger partial charge in [0.25, 0.3) is 5.91 Å². The number of hydrazone groups is 1. The lowest BCUT2D eigenvalue weighted by Crippen LogP contribution is -2.21. The van der Waals surface area contributed by atoms with Gasteiger partial charge in [-0.15, -0.1) is 0 Å². The minimum Gasteiger partial charge on any atom is -0.364 e. The molecule has 0 aromatic heterocycles. The third kappa shape index (κ3) is 3.52. The minimum atomic E-state index is -0.464. The van der Waals surface area contributed by atoms with Gasteiger partial charge >= 0.3 is 0 Å². The molecule has 22 heavy (non-hydrogen) atoms. The molecule has 0 saturated carbocycles. The molecule has 1 aliphatic heterocycles. The summed E-state index contributed by atoms with van der Waals surface area (Å²) in [5.74, 6) is -0.464. The van der Waals surface area contributed by atoms with E-state index in [9.17, 15) is 4.79 Å². The van der Waals surface area contributed by atoms with E-state index in [0.717, 1.165) is 11.3 Å². The molecule has 0 radical (unpaired) electrons. The predicted octanol–water partition coefficient (Wildman–Crippen LogP) is 3.31. The van der Waals surface area contributed by atoms with Crippen molar-refractivity contribution >= 4 is 11.6 Å². The minimum absolute atomic E-state index is 0.0172. The fourth-order valence-corrected chi connectivity index (χ4v) is 2.41. The quantitative estimate of drug-likeness (QED) is 0.847. The Hall–Kier alpha value is -2.62. The molecule has 2 rings (SSSR count). The first-order valence-corrected chi connectivity index (χ1v) is 7.34. The maximum Gasteiger partial charge on any atom is 0.265 e. The summed E-state index contributed by atoms with van der Waals surface area (Å²) in [5, 5.41) is 6.31. The zero-order valence-electron chi connectivity index (χ0n) is 12.9. The summed E-state index contributed by atoms with van der Waals surface area (Å²) < 4.78 is 0. The first-order chi connectivity index (χ1) is 10.7. The SMILES string of the molecule is C\C=C/C=C(\C=C/C)N1N=C(C(N)=O)CC1c1ccccc1. The standard InChI is InChI=1S/C18H21N3O/c1-3-5-12-15(9-4-2)21-17(13-16(20-21)18(19)22)14-10-7-6-8-11-14/h3-12,17H,13H2,1-2H3,(H2,19,22)/b5-3-,9-4-,15-12+. The van der Waals surface area contributed by atoms with E-state index >= 15 is 0 Å². The molecule has 114 valence electrons. The Kier molecular flexibility index (Phi) is 5.31. The van der Waals surface area contributed by atoms with Crippen LogP contribution in [0.1, 0.15) is 31.9 Å². The highest BCUT2D eigenvalue weighted by Crippen LogP contribution is 2.34. The molecule has 1 aromatic rings. The number of amides is 1. The normalized spacial score (nSPS) is 19.2. The van der Waals surface area contributed by atoms with Gasteiger partial charge in [0.05, 0.1) is 11.7 Å². The van der Waals surface area contributed by atoms with Crippen molar-refractivity contribution in [1.29, 1.82) is 0 Å². The predicted molar refractivity (Wildman–Crippen MR) is 90.0 cm³/mol. The van der Waals surface area contributed by atoms with Crippen LogP contribution in [0.2, 0.25) is 0 Å². The summed E-state index contributed by atoms with van der Waals surface area (Å²) in [6.07, 6.45) is 10.3. The Morgan fingerprint density at radius 2 is 2.00 bits per heavy atom. The van der Waals surface area contributed by atoms with Gasteiger partial charge in [-0.25, -0.2) is 0 Å². The molecule has 2 N–H and O–H groups in total. The Balaban J connectivity index is 2.43. The molecule has 0 fully saturated rings. The van der Waals surface area contributed by atoms with Gasteiger partial charge in [-0.05, 0) is 31.6 Å². The van der Waals surface area contributed by atoms with Crippen LogP contribution in [0, 0.1) is 0 Å². The molecule has 1 atom stereocenters. The topological polar surface area (TPSA) is 58.7 Å². The molecule has 1 heterocycles. The van der Waals surface area contributed by atoms with E-state index in [0.29, 0.717) is 12.1 Å². The van der Waals surface area contributed by atoms with E-state index in [-0.39, 0.29) is 6.04 Å². The number of carbonyl (C=O) groups excluding carboxylic acids is 1. The number of benzene rings is 1. The lowest BCUT2D eigenvalue weighted by Gasteiger charge is -2.24. The Morgan fingerprint density at radius 1 is 1.27 bits per heavy atom. The van der Waals surface area contributed by atoms with E-state index in [1.165, 1.54) is 0 Å². The molecule has 1 aliphatic rings. The fraction of sp³-hybridized carbons (Fsp3) is 0.222. The van der Waals surface area contributed by atoms with Gasteiger partial charge < -0.3 is 5.73 Å². The number of nitrogens with two attached hydrogens (primary N) is 1. The Labute approximate surface area is 131 Å². The van der Waals surface area contributed by atoms with Crippen LogP contribution < -0.4 is 5.73 Å². The smallest absolute Gasteiger partial charge is 0.265 e. The van der Waals surface area contributed by atoms with Gasteiger partial charge in [-0.1, -0.05) is 48.6 Å². The van der Waals surface area contributed by atoms with Gasteiger partial charge in [0, 0.05) is 6.42 Å². The molecule has 4 nitrogen and oxygen atoms in total. The highest BCUT2D eigenvalue weighted by molar-refractivity contribution is 6.38. The van der Waals surface area contributed by atoms with Crippen LogP contribution in [0.5, 0.6) is 0 Å². The molecular formula is C18H21N3O. The van der Waals surface area contributed by atoms with Crippen molar-refractivity contribution in [2.75, 3.05) is 0 Å². The van der Waals surface area contributed by atoms with Crippen molar-refractivity contribution in [3.05, 3.63) is 72.0 Å². The third-order valence-electron chi connectivity index (χ3n) is 3.44. The maximum absolute atomic E-state index is 11.5. The molecule has 4 heteroatoms. The van der Waals surface area contributed by atoms with Gasteiger partial charge in [-0.2, -0.15) is 5.10 Å². The number of nitrogens with zero attached hydrogens (tertiary/aromatic N) is 2. The van der Waals surface area contributed by atoms with E-state index in [1.54, 1.807) is 0 Å². The van der Waals surface area contributed by atoms with Crippen molar-refractivity contribution in [2.24, 2.45) is 10.8 Å². The van der Waals surface area contributed by atoms with Gasteiger partial charge in [0.15, 0.2) is 0 Å². The van der Waals surface area contributed by atoms with Crippen molar-refractivity contribution < 1.29 is 4.79 Å². The van der Waals surface area contributed by atoms with E-state index in [1.807, 2.05) is 79.6 Å². The lowest BCUT2D eigenvalue weighted by atomic mass is 10.0. The largest absolute Gasteiger partial charge is 0.364 e. The van der Waals surface area contributed by atoms with Gasteiger partial charge in [0.1, 0.15) is 5.71 Å². The van der Waals surface area contributed by atoms with Gasteiger partial charge in [0.2, 0.25) is 0 Å². The third-order valence-corrected chi connectivity index (χ3v) is 3.44. The number of primary amides is 1. The second-order valence-electron chi connectivity index (χ2n) is 5.00. The van der Waals surface area contributed by atoms with Crippen LogP contribution in [0.3, 0.4) is 0 Å². The number of carbonyl (C=O) groups is 1. The maximum atomic E-state index is 11.5. The Morgan fingerprint density at radius 3 is 2.59 bits per heavy atom. The molecular weight excluding hydrogens is 274 g/mol. The average Bonchev–Trinajstić information content (AvgIpc) is 2.97. The van der Waals surface area contributed by atoms with Crippen LogP contribution in [0.15, 0.2) is 71.5 Å². The number of allylic oxidation sites excluding steroid dienone is 5. The monoisotopic (exact) mass is 295 g/mol. The van der Waals surface area contributed by atoms with Crippen LogP contribution in [0.25, 0.3) is 0 Å². The van der Waals surface area contributed by atoms with E-state index in [4.69, 9.17) is 5.73 Å². The molecule has 1 unspecified atom stereocenters. The second kappa shape index (κ2) is 7.41. The first-order valence-electron chi connectivity index (χ1n) is 7.34. The van der Waals surface area contributed by atoms with E-state index in [2.05, 4.69) is 5.10 Å².